The van der Waals surface area contributed by atoms with Gasteiger partial charge in [-0.3, -0.25) is 0 Å². The van der Waals surface area contributed by atoms with E-state index in [-0.39, 0.29) is 18.6 Å². The highest BCUT2D eigenvalue weighted by molar-refractivity contribution is 5.59. The van der Waals surface area contributed by atoms with E-state index in [0.717, 1.165) is 12.7 Å². The first kappa shape index (κ1) is 13.2. The van der Waals surface area contributed by atoms with Crippen LogP contribution >= 0.6 is 0 Å². The maximum Gasteiger partial charge on any atom is 0.140 e. The van der Waals surface area contributed by atoms with Crippen molar-refractivity contribution >= 4 is 12.6 Å². The molecule has 0 amide bonds. The summed E-state index contributed by atoms with van der Waals surface area (Å²) in [5.74, 6) is 0.186. The van der Waals surface area contributed by atoms with Crippen molar-refractivity contribution < 1.29 is 14.7 Å². The average Bonchev–Trinajstić information content (AvgIpc) is 2.24. The van der Waals surface area contributed by atoms with Gasteiger partial charge in [0.05, 0.1) is 18.7 Å². The quantitative estimate of drug-likeness (QED) is 0.357. The topological polar surface area (TPSA) is 78.4 Å². The van der Waals surface area contributed by atoms with Gasteiger partial charge in [0, 0.05) is 0 Å². The molecule has 14 heavy (non-hydrogen) atoms. The third-order valence-corrected chi connectivity index (χ3v) is 2.20. The first-order valence-electron chi connectivity index (χ1n) is 4.72. The van der Waals surface area contributed by atoms with Gasteiger partial charge in [-0.05, 0) is 5.92 Å². The minimum atomic E-state index is -0.665. The number of nitrogens with one attached hydrogen (secondary N) is 2. The van der Waals surface area contributed by atoms with Gasteiger partial charge in [-0.2, -0.15) is 0 Å². The van der Waals surface area contributed by atoms with Crippen molar-refractivity contribution in [1.82, 2.24) is 10.9 Å². The molecule has 0 unspecified atom stereocenters. The lowest BCUT2D eigenvalue weighted by atomic mass is 10.0. The molecule has 0 rings (SSSR count). The van der Waals surface area contributed by atoms with Crippen molar-refractivity contribution in [3.8, 4) is 0 Å². The second-order valence-electron chi connectivity index (χ2n) is 3.26. The van der Waals surface area contributed by atoms with Crippen LogP contribution in [0.1, 0.15) is 20.3 Å². The van der Waals surface area contributed by atoms with Crippen LogP contribution in [0.3, 0.4) is 0 Å². The molecule has 0 aromatic heterocycles. The number of carbonyl (C=O) groups excluding carboxylic acids is 2. The fourth-order valence-electron chi connectivity index (χ4n) is 0.890. The lowest BCUT2D eigenvalue weighted by Gasteiger charge is -2.20. The molecule has 0 aliphatic heterocycles. The van der Waals surface area contributed by atoms with Gasteiger partial charge in [-0.1, -0.05) is 20.3 Å². The molecule has 5 heteroatoms. The Bertz CT molecular complexity index is 175. The van der Waals surface area contributed by atoms with E-state index in [0.29, 0.717) is 6.29 Å². The minimum absolute atomic E-state index is 0.186. The summed E-state index contributed by atoms with van der Waals surface area (Å²) in [6.07, 6.45) is 2.24. The number of carbonyl (C=O) groups is 2. The number of hydrogen-bond acceptors (Lipinski definition) is 5. The van der Waals surface area contributed by atoms with E-state index in [1.54, 1.807) is 0 Å². The molecule has 82 valence electrons. The number of aliphatic hydroxyl groups excluding tert-OH is 1. The van der Waals surface area contributed by atoms with Crippen LogP contribution in [0.5, 0.6) is 0 Å². The number of rotatable bonds is 8. The van der Waals surface area contributed by atoms with E-state index in [1.165, 1.54) is 0 Å². The average molecular weight is 202 g/mol. The number of aldehydes is 2. The Kier molecular flexibility index (Phi) is 7.18. The summed E-state index contributed by atoms with van der Waals surface area (Å²) in [6.45, 7) is 3.62. The van der Waals surface area contributed by atoms with Crippen molar-refractivity contribution in [2.24, 2.45) is 5.92 Å². The number of hydrogen-bond donors (Lipinski definition) is 3. The van der Waals surface area contributed by atoms with Crippen LogP contribution < -0.4 is 10.9 Å². The zero-order chi connectivity index (χ0) is 11.0. The molecule has 0 heterocycles. The second kappa shape index (κ2) is 7.61. The van der Waals surface area contributed by atoms with Gasteiger partial charge in [0.2, 0.25) is 0 Å². The Morgan fingerprint density at radius 2 is 1.93 bits per heavy atom. The standard InChI is InChI=1S/C9H18N2O3/c1-3-7(2)9(6-14)11-10-8(4-12)5-13/h4,6-11,13H,3,5H2,1-2H3/t7-,8+,9+/m0/s1. The van der Waals surface area contributed by atoms with E-state index in [4.69, 9.17) is 5.11 Å². The van der Waals surface area contributed by atoms with Crippen molar-refractivity contribution in [2.75, 3.05) is 6.61 Å². The van der Waals surface area contributed by atoms with Crippen molar-refractivity contribution in [3.63, 3.8) is 0 Å². The van der Waals surface area contributed by atoms with Crippen molar-refractivity contribution in [2.45, 2.75) is 32.4 Å². The van der Waals surface area contributed by atoms with Crippen molar-refractivity contribution in [1.29, 1.82) is 0 Å². The monoisotopic (exact) mass is 202 g/mol. The van der Waals surface area contributed by atoms with Crippen LogP contribution in [0.15, 0.2) is 0 Å². The van der Waals surface area contributed by atoms with E-state index in [2.05, 4.69) is 10.9 Å². The molecule has 0 spiro atoms. The third kappa shape index (κ3) is 4.45. The van der Waals surface area contributed by atoms with Crippen molar-refractivity contribution in [3.05, 3.63) is 0 Å². The van der Waals surface area contributed by atoms with Crippen LogP contribution in [0, 0.1) is 5.92 Å². The molecule has 0 radical (unpaired) electrons. The zero-order valence-electron chi connectivity index (χ0n) is 8.56. The SMILES string of the molecule is CC[C@H](C)[C@@H](C=O)NN[C@H](C=O)CO. The summed E-state index contributed by atoms with van der Waals surface area (Å²) in [4.78, 5) is 21.0. The molecule has 0 saturated carbocycles. The van der Waals surface area contributed by atoms with Gasteiger partial charge < -0.3 is 14.7 Å². The molecule has 0 aromatic carbocycles. The van der Waals surface area contributed by atoms with Crippen LogP contribution in [-0.4, -0.2) is 36.4 Å². The Balaban J connectivity index is 3.93. The van der Waals surface area contributed by atoms with Crippen LogP contribution in [0.25, 0.3) is 0 Å². The summed E-state index contributed by atoms with van der Waals surface area (Å²) in [5, 5.41) is 8.69. The Labute approximate surface area is 83.8 Å². The molecule has 3 N–H and O–H groups in total. The molecule has 0 bridgehead atoms. The van der Waals surface area contributed by atoms with E-state index in [9.17, 15) is 9.59 Å². The van der Waals surface area contributed by atoms with Gasteiger partial charge in [0.15, 0.2) is 0 Å². The molecule has 0 aromatic rings. The largest absolute Gasteiger partial charge is 0.394 e. The first-order chi connectivity index (χ1) is 6.69. The fraction of sp³-hybridized carbons (Fsp3) is 0.778. The minimum Gasteiger partial charge on any atom is -0.394 e. The zero-order valence-corrected chi connectivity index (χ0v) is 8.56. The summed E-state index contributed by atoms with van der Waals surface area (Å²) >= 11 is 0. The Morgan fingerprint density at radius 1 is 1.29 bits per heavy atom. The highest BCUT2D eigenvalue weighted by Gasteiger charge is 2.15. The molecule has 0 aliphatic rings. The maximum atomic E-state index is 10.6. The molecule has 0 saturated heterocycles. The first-order valence-corrected chi connectivity index (χ1v) is 4.72. The highest BCUT2D eigenvalue weighted by atomic mass is 16.3. The third-order valence-electron chi connectivity index (χ3n) is 2.20. The second-order valence-corrected chi connectivity index (χ2v) is 3.26. The predicted octanol–water partition coefficient (Wildman–Crippen LogP) is -0.746. The molecular weight excluding hydrogens is 184 g/mol. The summed E-state index contributed by atoms with van der Waals surface area (Å²) in [6, 6.07) is -1.00. The normalized spacial score (nSPS) is 17.1. The molecule has 0 fully saturated rings. The van der Waals surface area contributed by atoms with E-state index < -0.39 is 6.04 Å². The number of hydrazine groups is 1. The smallest absolute Gasteiger partial charge is 0.140 e. The van der Waals surface area contributed by atoms with Crippen LogP contribution in [0.4, 0.5) is 0 Å². The summed E-state index contributed by atoms with van der Waals surface area (Å²) in [5.41, 5.74) is 5.30. The van der Waals surface area contributed by atoms with Gasteiger partial charge in [0.25, 0.3) is 0 Å². The lowest BCUT2D eigenvalue weighted by Crippen LogP contribution is -2.51. The Morgan fingerprint density at radius 3 is 2.29 bits per heavy atom. The van der Waals surface area contributed by atoms with E-state index in [1.807, 2.05) is 13.8 Å². The summed E-state index contributed by atoms with van der Waals surface area (Å²) in [7, 11) is 0. The maximum absolute atomic E-state index is 10.6. The van der Waals surface area contributed by atoms with Crippen LogP contribution in [0.2, 0.25) is 0 Å². The van der Waals surface area contributed by atoms with Crippen LogP contribution in [-0.2, 0) is 9.59 Å². The predicted molar refractivity (Wildman–Crippen MR) is 52.5 cm³/mol. The molecule has 0 aliphatic carbocycles. The van der Waals surface area contributed by atoms with Gasteiger partial charge >= 0.3 is 0 Å². The number of aliphatic hydroxyl groups is 1. The molecule has 5 nitrogen and oxygen atoms in total. The molecular formula is C9H18N2O3. The van der Waals surface area contributed by atoms with Gasteiger partial charge in [0.1, 0.15) is 12.6 Å². The van der Waals surface area contributed by atoms with E-state index >= 15 is 0 Å². The highest BCUT2D eigenvalue weighted by Crippen LogP contribution is 2.04. The van der Waals surface area contributed by atoms with Gasteiger partial charge in [-0.15, -0.1) is 0 Å². The fourth-order valence-corrected chi connectivity index (χ4v) is 0.890. The van der Waals surface area contributed by atoms with Gasteiger partial charge in [-0.25, -0.2) is 10.9 Å². The summed E-state index contributed by atoms with van der Waals surface area (Å²) < 4.78 is 0. The Hall–Kier alpha value is -0.780. The lowest BCUT2D eigenvalue weighted by molar-refractivity contribution is -0.113. The molecule has 3 atom stereocenters.